The van der Waals surface area contributed by atoms with Crippen molar-refractivity contribution in [2.45, 2.75) is 57.5 Å². The van der Waals surface area contributed by atoms with E-state index in [1.54, 1.807) is 18.4 Å². The quantitative estimate of drug-likeness (QED) is 0.797. The molecule has 21 heavy (non-hydrogen) atoms. The number of rotatable bonds is 8. The molecule has 1 N–H and O–H groups in total. The molecule has 0 aromatic carbocycles. The van der Waals surface area contributed by atoms with E-state index < -0.39 is 10.0 Å². The Hall–Kier alpha value is -0.430. The maximum atomic E-state index is 12.8. The molecule has 6 heteroatoms. The van der Waals surface area contributed by atoms with Crippen molar-refractivity contribution in [3.63, 3.8) is 0 Å². The molecule has 0 spiro atoms. The molecular weight excluding hydrogens is 304 g/mol. The lowest BCUT2D eigenvalue weighted by Gasteiger charge is -2.19. The zero-order chi connectivity index (χ0) is 15.6. The molecule has 0 radical (unpaired) electrons. The van der Waals surface area contributed by atoms with Gasteiger partial charge in [0.15, 0.2) is 0 Å². The summed E-state index contributed by atoms with van der Waals surface area (Å²) < 4.78 is 27.1. The Balaban J connectivity index is 2.15. The molecule has 1 aliphatic carbocycles. The number of hydrogen-bond acceptors (Lipinski definition) is 4. The summed E-state index contributed by atoms with van der Waals surface area (Å²) in [4.78, 5) is 1.46. The van der Waals surface area contributed by atoms with Gasteiger partial charge >= 0.3 is 0 Å². The van der Waals surface area contributed by atoms with Crippen LogP contribution >= 0.6 is 11.3 Å². The maximum absolute atomic E-state index is 12.8. The van der Waals surface area contributed by atoms with Crippen molar-refractivity contribution < 1.29 is 8.42 Å². The average molecular weight is 331 g/mol. The van der Waals surface area contributed by atoms with Crippen molar-refractivity contribution in [2.24, 2.45) is 5.92 Å². The normalized spacial score (nSPS) is 16.1. The monoisotopic (exact) mass is 330 g/mol. The summed E-state index contributed by atoms with van der Waals surface area (Å²) in [5.74, 6) is 0.502. The van der Waals surface area contributed by atoms with E-state index in [0.717, 1.165) is 16.9 Å². The van der Waals surface area contributed by atoms with Gasteiger partial charge in [0.25, 0.3) is 0 Å². The second-order valence-electron chi connectivity index (χ2n) is 6.34. The van der Waals surface area contributed by atoms with Gasteiger partial charge in [-0.3, -0.25) is 0 Å². The Kier molecular flexibility index (Phi) is 5.46. The fourth-order valence-corrected chi connectivity index (χ4v) is 5.09. The topological polar surface area (TPSA) is 49.4 Å². The first-order valence-electron chi connectivity index (χ1n) is 7.59. The van der Waals surface area contributed by atoms with E-state index >= 15 is 0 Å². The van der Waals surface area contributed by atoms with Gasteiger partial charge in [0.05, 0.1) is 0 Å². The molecule has 2 rings (SSSR count). The predicted octanol–water partition coefficient (Wildman–Crippen LogP) is 2.98. The zero-order valence-electron chi connectivity index (χ0n) is 13.3. The number of nitrogens with zero attached hydrogens (tertiary/aromatic N) is 1. The lowest BCUT2D eigenvalue weighted by molar-refractivity contribution is 0.427. The average Bonchev–Trinajstić information content (AvgIpc) is 3.16. The van der Waals surface area contributed by atoms with Crippen LogP contribution < -0.4 is 5.32 Å². The number of aryl methyl sites for hydroxylation is 1. The van der Waals surface area contributed by atoms with Gasteiger partial charge in [-0.1, -0.05) is 13.8 Å². The molecule has 1 aliphatic rings. The molecule has 1 saturated carbocycles. The Labute approximate surface area is 132 Å². The van der Waals surface area contributed by atoms with Crippen LogP contribution in [0, 0.1) is 12.8 Å². The summed E-state index contributed by atoms with van der Waals surface area (Å²) >= 11 is 1.55. The minimum atomic E-state index is -3.38. The minimum Gasteiger partial charge on any atom is -0.309 e. The fourth-order valence-electron chi connectivity index (χ4n) is 2.20. The third-order valence-corrected chi connectivity index (χ3v) is 7.13. The Morgan fingerprint density at radius 1 is 1.43 bits per heavy atom. The standard InChI is InChI=1S/C15H26N2O2S2/c1-11(2)7-8-17(4)21(18,19)15-12(3)10-20-14(15)9-16-13-5-6-13/h10-11,13,16H,5-9H2,1-4H3. The van der Waals surface area contributed by atoms with E-state index in [1.807, 2.05) is 12.3 Å². The molecule has 1 aromatic heterocycles. The SMILES string of the molecule is Cc1csc(CNC2CC2)c1S(=O)(=O)N(C)CCC(C)C. The molecule has 1 aromatic rings. The summed E-state index contributed by atoms with van der Waals surface area (Å²) in [6.45, 7) is 7.35. The van der Waals surface area contributed by atoms with Gasteiger partial charge in [0.1, 0.15) is 4.90 Å². The summed E-state index contributed by atoms with van der Waals surface area (Å²) in [7, 11) is -1.69. The number of hydrogen-bond donors (Lipinski definition) is 1. The lowest BCUT2D eigenvalue weighted by atomic mass is 10.1. The van der Waals surface area contributed by atoms with Crippen molar-refractivity contribution in [3.05, 3.63) is 15.8 Å². The van der Waals surface area contributed by atoms with E-state index in [4.69, 9.17) is 0 Å². The van der Waals surface area contributed by atoms with Gasteiger partial charge in [-0.15, -0.1) is 11.3 Å². The van der Waals surface area contributed by atoms with Gasteiger partial charge in [-0.2, -0.15) is 0 Å². The first-order valence-corrected chi connectivity index (χ1v) is 9.91. The van der Waals surface area contributed by atoms with Crippen LogP contribution in [0.4, 0.5) is 0 Å². The molecule has 0 atom stereocenters. The molecule has 1 fully saturated rings. The van der Waals surface area contributed by atoms with Crippen molar-refractivity contribution in [2.75, 3.05) is 13.6 Å². The fraction of sp³-hybridized carbons (Fsp3) is 0.733. The molecule has 0 amide bonds. The molecule has 1 heterocycles. The smallest absolute Gasteiger partial charge is 0.244 e. The van der Waals surface area contributed by atoms with Crippen molar-refractivity contribution in [1.82, 2.24) is 9.62 Å². The summed E-state index contributed by atoms with van der Waals surface area (Å²) in [6.07, 6.45) is 3.30. The highest BCUT2D eigenvalue weighted by molar-refractivity contribution is 7.89. The van der Waals surface area contributed by atoms with Crippen molar-refractivity contribution >= 4 is 21.4 Å². The Bertz CT molecular complexity index is 574. The van der Waals surface area contributed by atoms with Crippen LogP contribution in [-0.2, 0) is 16.6 Å². The van der Waals surface area contributed by atoms with Crippen molar-refractivity contribution in [1.29, 1.82) is 0 Å². The second-order valence-corrected chi connectivity index (χ2v) is 9.28. The summed E-state index contributed by atoms with van der Waals surface area (Å²) in [5.41, 5.74) is 0.865. The maximum Gasteiger partial charge on any atom is 0.244 e. The highest BCUT2D eigenvalue weighted by Crippen LogP contribution is 2.30. The van der Waals surface area contributed by atoms with Crippen molar-refractivity contribution in [3.8, 4) is 0 Å². The van der Waals surface area contributed by atoms with Gasteiger partial charge in [-0.25, -0.2) is 12.7 Å². The molecule has 0 unspecified atom stereocenters. The van der Waals surface area contributed by atoms with Gasteiger partial charge in [0, 0.05) is 31.1 Å². The molecular formula is C15H26N2O2S2. The first-order chi connectivity index (χ1) is 9.82. The van der Waals surface area contributed by atoms with Crippen LogP contribution in [0.1, 0.15) is 43.6 Å². The van der Waals surface area contributed by atoms with Gasteiger partial charge < -0.3 is 5.32 Å². The Morgan fingerprint density at radius 2 is 2.10 bits per heavy atom. The van der Waals surface area contributed by atoms with Gasteiger partial charge in [-0.05, 0) is 43.0 Å². The van der Waals surface area contributed by atoms with E-state index in [-0.39, 0.29) is 0 Å². The zero-order valence-corrected chi connectivity index (χ0v) is 15.0. The summed E-state index contributed by atoms with van der Waals surface area (Å²) in [5, 5.41) is 5.37. The third-order valence-electron chi connectivity index (χ3n) is 3.81. The Morgan fingerprint density at radius 3 is 2.67 bits per heavy atom. The van der Waals surface area contributed by atoms with Crippen LogP contribution in [-0.4, -0.2) is 32.4 Å². The highest BCUT2D eigenvalue weighted by Gasteiger charge is 2.28. The number of sulfonamides is 1. The lowest BCUT2D eigenvalue weighted by Crippen LogP contribution is -2.30. The number of thiophene rings is 1. The molecule has 0 aliphatic heterocycles. The molecule has 120 valence electrons. The second kappa shape index (κ2) is 6.77. The van der Waals surface area contributed by atoms with E-state index in [9.17, 15) is 8.42 Å². The predicted molar refractivity (Wildman–Crippen MR) is 88.2 cm³/mol. The van der Waals surface area contributed by atoms with Crippen LogP contribution in [0.3, 0.4) is 0 Å². The first kappa shape index (κ1) is 16.9. The molecule has 4 nitrogen and oxygen atoms in total. The van der Waals surface area contributed by atoms with Crippen LogP contribution in [0.15, 0.2) is 10.3 Å². The van der Waals surface area contributed by atoms with E-state index in [1.165, 1.54) is 17.1 Å². The van der Waals surface area contributed by atoms with Crippen LogP contribution in [0.25, 0.3) is 0 Å². The number of nitrogens with one attached hydrogen (secondary N) is 1. The largest absolute Gasteiger partial charge is 0.309 e. The molecule has 0 bridgehead atoms. The minimum absolute atomic E-state index is 0.502. The van der Waals surface area contributed by atoms with Gasteiger partial charge in [0.2, 0.25) is 10.0 Å². The third kappa shape index (κ3) is 4.28. The van der Waals surface area contributed by atoms with Crippen LogP contribution in [0.2, 0.25) is 0 Å². The highest BCUT2D eigenvalue weighted by atomic mass is 32.2. The van der Waals surface area contributed by atoms with E-state index in [2.05, 4.69) is 19.2 Å². The van der Waals surface area contributed by atoms with Crippen LogP contribution in [0.5, 0.6) is 0 Å². The summed E-state index contributed by atoms with van der Waals surface area (Å²) in [6, 6.07) is 0.585. The molecule has 0 saturated heterocycles. The van der Waals surface area contributed by atoms with E-state index in [0.29, 0.717) is 29.9 Å².